The highest BCUT2D eigenvalue weighted by molar-refractivity contribution is 5.84. The van der Waals surface area contributed by atoms with Gasteiger partial charge in [-0.2, -0.15) is 5.26 Å². The van der Waals surface area contributed by atoms with Gasteiger partial charge in [0, 0.05) is 6.61 Å². The summed E-state index contributed by atoms with van der Waals surface area (Å²) >= 11 is 0. The topological polar surface area (TPSA) is 62.5 Å². The van der Waals surface area contributed by atoms with Crippen molar-refractivity contribution < 1.29 is 14.6 Å². The lowest BCUT2D eigenvalue weighted by atomic mass is 9.79. The zero-order valence-corrected chi connectivity index (χ0v) is 11.9. The average molecular weight is 283 g/mol. The lowest BCUT2D eigenvalue weighted by molar-refractivity contribution is 0.0505. The van der Waals surface area contributed by atoms with Crippen LogP contribution < -0.4 is 4.74 Å². The Morgan fingerprint density at radius 2 is 2.05 bits per heavy atom. The summed E-state index contributed by atoms with van der Waals surface area (Å²) in [6, 6.07) is 13.8. The molecule has 1 aliphatic heterocycles. The van der Waals surface area contributed by atoms with E-state index >= 15 is 0 Å². The second-order valence-electron chi connectivity index (χ2n) is 5.45. The molecular weight excluding hydrogens is 266 g/mol. The van der Waals surface area contributed by atoms with E-state index in [2.05, 4.69) is 6.07 Å². The zero-order chi connectivity index (χ0) is 14.9. The molecule has 1 N–H and O–H groups in total. The van der Waals surface area contributed by atoms with E-state index in [0.717, 1.165) is 22.1 Å². The molecule has 1 heterocycles. The minimum Gasteiger partial charge on any atom is -0.497 e. The molecule has 4 nitrogen and oxygen atoms in total. The highest BCUT2D eigenvalue weighted by Crippen LogP contribution is 2.41. The largest absolute Gasteiger partial charge is 0.497 e. The number of rotatable bonds is 3. The molecule has 0 radical (unpaired) electrons. The van der Waals surface area contributed by atoms with E-state index in [1.54, 1.807) is 7.11 Å². The maximum absolute atomic E-state index is 10.6. The van der Waals surface area contributed by atoms with Crippen LogP contribution in [0.1, 0.15) is 18.1 Å². The van der Waals surface area contributed by atoms with Crippen LogP contribution in [-0.4, -0.2) is 25.4 Å². The quantitative estimate of drug-likeness (QED) is 0.941. The fourth-order valence-electron chi connectivity index (χ4n) is 2.80. The van der Waals surface area contributed by atoms with Crippen LogP contribution in [0.3, 0.4) is 0 Å². The smallest absolute Gasteiger partial charge is 0.119 e. The van der Waals surface area contributed by atoms with Gasteiger partial charge in [0.25, 0.3) is 0 Å². The Balaban J connectivity index is 1.99. The monoisotopic (exact) mass is 283 g/mol. The highest BCUT2D eigenvalue weighted by Gasteiger charge is 2.43. The van der Waals surface area contributed by atoms with Gasteiger partial charge in [-0.15, -0.1) is 0 Å². The summed E-state index contributed by atoms with van der Waals surface area (Å²) in [5.41, 5.74) is -0.0834. The van der Waals surface area contributed by atoms with Crippen LogP contribution in [0.15, 0.2) is 36.4 Å². The number of nitrogens with zero attached hydrogens (tertiary/aromatic N) is 1. The summed E-state index contributed by atoms with van der Waals surface area (Å²) in [6.45, 7) is 0.806. The van der Waals surface area contributed by atoms with Crippen LogP contribution in [-0.2, 0) is 4.74 Å². The summed E-state index contributed by atoms with van der Waals surface area (Å²) in [5, 5.41) is 22.1. The standard InChI is InChI=1S/C17H17NO3/c1-20-15-5-4-12-8-14(3-2-13(12)9-15)16(19)17(10-18)6-7-21-11-17/h2-5,8-9,16,19H,6-7,11H2,1H3. The lowest BCUT2D eigenvalue weighted by Crippen LogP contribution is -2.27. The van der Waals surface area contributed by atoms with E-state index in [1.165, 1.54) is 0 Å². The summed E-state index contributed by atoms with van der Waals surface area (Å²) in [7, 11) is 1.63. The third-order valence-corrected chi connectivity index (χ3v) is 4.19. The van der Waals surface area contributed by atoms with E-state index in [4.69, 9.17) is 9.47 Å². The van der Waals surface area contributed by atoms with E-state index in [-0.39, 0.29) is 6.61 Å². The molecule has 1 fully saturated rings. The summed E-state index contributed by atoms with van der Waals surface area (Å²) in [4.78, 5) is 0. The van der Waals surface area contributed by atoms with Crippen LogP contribution >= 0.6 is 0 Å². The number of benzene rings is 2. The predicted molar refractivity (Wildman–Crippen MR) is 78.9 cm³/mol. The number of ether oxygens (including phenoxy) is 2. The van der Waals surface area contributed by atoms with Gasteiger partial charge in [0.1, 0.15) is 11.2 Å². The van der Waals surface area contributed by atoms with Gasteiger partial charge in [-0.3, -0.25) is 0 Å². The Morgan fingerprint density at radius 3 is 2.71 bits per heavy atom. The molecule has 0 bridgehead atoms. The van der Waals surface area contributed by atoms with Crippen molar-refractivity contribution in [2.45, 2.75) is 12.5 Å². The molecule has 4 heteroatoms. The van der Waals surface area contributed by atoms with Gasteiger partial charge in [-0.25, -0.2) is 0 Å². The van der Waals surface area contributed by atoms with Gasteiger partial charge in [0.05, 0.1) is 25.9 Å². The van der Waals surface area contributed by atoms with E-state index in [9.17, 15) is 10.4 Å². The minimum absolute atomic E-state index is 0.283. The Bertz CT molecular complexity index is 699. The first-order valence-corrected chi connectivity index (χ1v) is 6.93. The minimum atomic E-state index is -0.837. The van der Waals surface area contributed by atoms with E-state index < -0.39 is 11.5 Å². The Morgan fingerprint density at radius 1 is 1.29 bits per heavy atom. The molecule has 1 aliphatic rings. The van der Waals surface area contributed by atoms with Crippen molar-refractivity contribution in [2.24, 2.45) is 5.41 Å². The summed E-state index contributed by atoms with van der Waals surface area (Å²) < 4.78 is 10.5. The van der Waals surface area contributed by atoms with Gasteiger partial charge in [0.15, 0.2) is 0 Å². The maximum Gasteiger partial charge on any atom is 0.119 e. The number of aliphatic hydroxyl groups is 1. The lowest BCUT2D eigenvalue weighted by Gasteiger charge is -2.25. The zero-order valence-electron chi connectivity index (χ0n) is 11.9. The normalized spacial score (nSPS) is 22.9. The van der Waals surface area contributed by atoms with Crippen LogP contribution in [0.25, 0.3) is 10.8 Å². The first-order valence-electron chi connectivity index (χ1n) is 6.93. The molecular formula is C17H17NO3. The molecule has 21 heavy (non-hydrogen) atoms. The Hall–Kier alpha value is -2.09. The van der Waals surface area contributed by atoms with Gasteiger partial charge < -0.3 is 14.6 Å². The molecule has 0 aliphatic carbocycles. The summed E-state index contributed by atoms with van der Waals surface area (Å²) in [5.74, 6) is 0.800. The van der Waals surface area contributed by atoms with Gasteiger partial charge >= 0.3 is 0 Å². The van der Waals surface area contributed by atoms with Gasteiger partial charge in [0.2, 0.25) is 0 Å². The van der Waals surface area contributed by atoms with Crippen molar-refractivity contribution in [3.05, 3.63) is 42.0 Å². The van der Waals surface area contributed by atoms with Crippen LogP contribution in [0.4, 0.5) is 0 Å². The average Bonchev–Trinajstić information content (AvgIpc) is 3.03. The molecule has 0 saturated carbocycles. The Kier molecular flexibility index (Phi) is 3.54. The number of hydrogen-bond acceptors (Lipinski definition) is 4. The van der Waals surface area contributed by atoms with E-state index in [1.807, 2.05) is 36.4 Å². The van der Waals surface area contributed by atoms with Gasteiger partial charge in [-0.1, -0.05) is 18.2 Å². The van der Waals surface area contributed by atoms with E-state index in [0.29, 0.717) is 13.0 Å². The molecule has 0 aromatic heterocycles. The second kappa shape index (κ2) is 5.36. The number of nitriles is 1. The second-order valence-corrected chi connectivity index (χ2v) is 5.45. The SMILES string of the molecule is COc1ccc2cc(C(O)C3(C#N)CCOC3)ccc2c1. The highest BCUT2D eigenvalue weighted by atomic mass is 16.5. The molecule has 108 valence electrons. The molecule has 2 aromatic rings. The maximum atomic E-state index is 10.6. The molecule has 2 atom stereocenters. The fourth-order valence-corrected chi connectivity index (χ4v) is 2.80. The van der Waals surface area contributed by atoms with Crippen molar-refractivity contribution >= 4 is 10.8 Å². The molecule has 1 saturated heterocycles. The molecule has 2 unspecified atom stereocenters. The first kappa shape index (κ1) is 13.9. The van der Waals surface area contributed by atoms with Crippen LogP contribution in [0.5, 0.6) is 5.75 Å². The van der Waals surface area contributed by atoms with Crippen molar-refractivity contribution in [3.63, 3.8) is 0 Å². The summed E-state index contributed by atoms with van der Waals surface area (Å²) in [6.07, 6.45) is -0.276. The third kappa shape index (κ3) is 2.35. The molecule has 3 rings (SSSR count). The van der Waals surface area contributed by atoms with Crippen molar-refractivity contribution in [3.8, 4) is 11.8 Å². The molecule has 0 amide bonds. The number of hydrogen-bond donors (Lipinski definition) is 1. The van der Waals surface area contributed by atoms with Gasteiger partial charge in [-0.05, 0) is 41.0 Å². The number of methoxy groups -OCH3 is 1. The van der Waals surface area contributed by atoms with Crippen LogP contribution in [0, 0.1) is 16.7 Å². The van der Waals surface area contributed by atoms with Crippen LogP contribution in [0.2, 0.25) is 0 Å². The van der Waals surface area contributed by atoms with Crippen molar-refractivity contribution in [1.82, 2.24) is 0 Å². The van der Waals surface area contributed by atoms with Crippen molar-refractivity contribution in [1.29, 1.82) is 5.26 Å². The number of aliphatic hydroxyl groups excluding tert-OH is 1. The Labute approximate surface area is 123 Å². The van der Waals surface area contributed by atoms with Crippen molar-refractivity contribution in [2.75, 3.05) is 20.3 Å². The third-order valence-electron chi connectivity index (χ3n) is 4.19. The number of fused-ring (bicyclic) bond motifs is 1. The predicted octanol–water partition coefficient (Wildman–Crippen LogP) is 2.81. The first-order chi connectivity index (χ1) is 10.2. The molecule has 2 aromatic carbocycles. The fraction of sp³-hybridized carbons (Fsp3) is 0.353. The molecule has 0 spiro atoms.